The van der Waals surface area contributed by atoms with Crippen molar-refractivity contribution < 1.29 is 13.2 Å². The van der Waals surface area contributed by atoms with E-state index >= 15 is 0 Å². The van der Waals surface area contributed by atoms with Gasteiger partial charge in [-0.1, -0.05) is 18.2 Å². The molecule has 1 aliphatic heterocycles. The Hall–Kier alpha value is -2.15. The summed E-state index contributed by atoms with van der Waals surface area (Å²) in [5, 5.41) is 1.43. The van der Waals surface area contributed by atoms with Gasteiger partial charge in [0.05, 0.1) is 5.75 Å². The van der Waals surface area contributed by atoms with Gasteiger partial charge in [0.25, 0.3) is 5.56 Å². The van der Waals surface area contributed by atoms with Crippen LogP contribution in [0.15, 0.2) is 41.3 Å². The van der Waals surface area contributed by atoms with E-state index in [4.69, 9.17) is 0 Å². The summed E-state index contributed by atoms with van der Waals surface area (Å²) in [6.07, 6.45) is 3.53. The van der Waals surface area contributed by atoms with Gasteiger partial charge in [0.15, 0.2) is 0 Å². The van der Waals surface area contributed by atoms with Gasteiger partial charge in [0, 0.05) is 30.9 Å². The molecule has 0 spiro atoms. The van der Waals surface area contributed by atoms with E-state index in [9.17, 15) is 18.0 Å². The molecular weight excluding hydrogens is 328 g/mol. The molecule has 0 radical (unpaired) electrons. The van der Waals surface area contributed by atoms with Crippen molar-refractivity contribution in [3.8, 4) is 0 Å². The number of carbonyl (C=O) groups excluding carboxylic acids is 1. The van der Waals surface area contributed by atoms with Crippen LogP contribution in [0.3, 0.4) is 0 Å². The van der Waals surface area contributed by atoms with Gasteiger partial charge in [-0.25, -0.2) is 8.42 Å². The number of pyridine rings is 1. The number of hydrogen-bond acceptors (Lipinski definition) is 4. The Morgan fingerprint density at radius 3 is 2.75 bits per heavy atom. The Morgan fingerprint density at radius 1 is 1.25 bits per heavy atom. The topological polar surface area (TPSA) is 76.5 Å². The van der Waals surface area contributed by atoms with Crippen LogP contribution in [0.25, 0.3) is 10.8 Å². The molecule has 1 atom stereocenters. The van der Waals surface area contributed by atoms with Gasteiger partial charge in [0.2, 0.25) is 5.91 Å². The van der Waals surface area contributed by atoms with Crippen molar-refractivity contribution in [1.29, 1.82) is 0 Å². The van der Waals surface area contributed by atoms with Gasteiger partial charge >= 0.3 is 0 Å². The summed E-state index contributed by atoms with van der Waals surface area (Å²) in [5.74, 6) is -0.0622. The minimum absolute atomic E-state index is 0.0164. The summed E-state index contributed by atoms with van der Waals surface area (Å²) in [5.41, 5.74) is -0.187. The average molecular weight is 348 g/mol. The van der Waals surface area contributed by atoms with Crippen LogP contribution in [0.4, 0.5) is 0 Å². The van der Waals surface area contributed by atoms with Gasteiger partial charge in [-0.15, -0.1) is 0 Å². The summed E-state index contributed by atoms with van der Waals surface area (Å²) in [6.45, 7) is 0.963. The van der Waals surface area contributed by atoms with Crippen LogP contribution >= 0.6 is 0 Å². The fourth-order valence-corrected chi connectivity index (χ4v) is 4.35. The summed E-state index contributed by atoms with van der Waals surface area (Å²) in [4.78, 5) is 26.5. The lowest BCUT2D eigenvalue weighted by Crippen LogP contribution is -2.35. The summed E-state index contributed by atoms with van der Waals surface area (Å²) >= 11 is 0. The van der Waals surface area contributed by atoms with Crippen molar-refractivity contribution in [1.82, 2.24) is 9.47 Å². The molecule has 2 aromatic rings. The van der Waals surface area contributed by atoms with Gasteiger partial charge in [-0.3, -0.25) is 9.59 Å². The SMILES string of the molecule is CS(=O)(=O)CC1CCN(C(=O)Cn2ccc3ccccc3c2=O)C1. The highest BCUT2D eigenvalue weighted by Gasteiger charge is 2.28. The van der Waals surface area contributed by atoms with Crippen LogP contribution in [0.5, 0.6) is 0 Å². The number of hydrogen-bond donors (Lipinski definition) is 0. The molecule has 3 rings (SSSR count). The van der Waals surface area contributed by atoms with Gasteiger partial charge in [-0.05, 0) is 29.9 Å². The maximum absolute atomic E-state index is 12.4. The summed E-state index contributed by atoms with van der Waals surface area (Å²) in [6, 6.07) is 9.09. The van der Waals surface area contributed by atoms with E-state index in [0.717, 1.165) is 5.39 Å². The Balaban J connectivity index is 1.72. The Bertz CT molecular complexity index is 933. The van der Waals surface area contributed by atoms with E-state index in [2.05, 4.69) is 0 Å². The molecule has 128 valence electrons. The number of amides is 1. The second-order valence-corrected chi connectivity index (χ2v) is 8.61. The maximum Gasteiger partial charge on any atom is 0.258 e. The van der Waals surface area contributed by atoms with E-state index in [-0.39, 0.29) is 29.7 Å². The quantitative estimate of drug-likeness (QED) is 0.822. The molecule has 7 heteroatoms. The number of rotatable bonds is 4. The first-order valence-electron chi connectivity index (χ1n) is 7.87. The molecule has 24 heavy (non-hydrogen) atoms. The predicted octanol–water partition coefficient (Wildman–Crippen LogP) is 0.895. The van der Waals surface area contributed by atoms with E-state index in [1.54, 1.807) is 23.2 Å². The van der Waals surface area contributed by atoms with E-state index < -0.39 is 9.84 Å². The molecule has 6 nitrogen and oxygen atoms in total. The molecule has 1 aliphatic rings. The summed E-state index contributed by atoms with van der Waals surface area (Å²) < 4.78 is 24.2. The third-order valence-electron chi connectivity index (χ3n) is 4.37. The van der Waals surface area contributed by atoms with Crippen molar-refractivity contribution in [2.45, 2.75) is 13.0 Å². The molecule has 2 heterocycles. The minimum atomic E-state index is -3.04. The van der Waals surface area contributed by atoms with E-state index in [1.165, 1.54) is 10.8 Å². The highest BCUT2D eigenvalue weighted by atomic mass is 32.2. The first-order chi connectivity index (χ1) is 11.3. The maximum atomic E-state index is 12.4. The Morgan fingerprint density at radius 2 is 2.00 bits per heavy atom. The van der Waals surface area contributed by atoms with E-state index in [1.807, 2.05) is 18.2 Å². The van der Waals surface area contributed by atoms with Crippen LogP contribution in [-0.2, 0) is 21.2 Å². The smallest absolute Gasteiger partial charge is 0.258 e. The van der Waals surface area contributed by atoms with Crippen LogP contribution in [0.2, 0.25) is 0 Å². The second kappa shape index (κ2) is 6.39. The largest absolute Gasteiger partial charge is 0.341 e. The first-order valence-corrected chi connectivity index (χ1v) is 9.93. The molecule has 1 aromatic heterocycles. The molecule has 1 unspecified atom stereocenters. The number of nitrogens with zero attached hydrogens (tertiary/aromatic N) is 2. The lowest BCUT2D eigenvalue weighted by molar-refractivity contribution is -0.130. The number of benzene rings is 1. The third kappa shape index (κ3) is 3.67. The monoisotopic (exact) mass is 348 g/mol. The van der Waals surface area contributed by atoms with Gasteiger partial charge in [0.1, 0.15) is 16.4 Å². The van der Waals surface area contributed by atoms with E-state index in [0.29, 0.717) is 24.9 Å². The number of carbonyl (C=O) groups is 1. The molecule has 1 aromatic carbocycles. The van der Waals surface area contributed by atoms with Crippen molar-refractivity contribution in [2.24, 2.45) is 5.92 Å². The molecule has 0 aliphatic carbocycles. The number of fused-ring (bicyclic) bond motifs is 1. The van der Waals surface area contributed by atoms with Crippen molar-refractivity contribution in [2.75, 3.05) is 25.1 Å². The molecular formula is C17H20N2O4S. The fraction of sp³-hybridized carbons (Fsp3) is 0.412. The highest BCUT2D eigenvalue weighted by Crippen LogP contribution is 2.18. The van der Waals surface area contributed by atoms with Gasteiger partial charge in [-0.2, -0.15) is 0 Å². The number of likely N-dealkylation sites (tertiary alicyclic amines) is 1. The van der Waals surface area contributed by atoms with Crippen molar-refractivity contribution in [3.05, 3.63) is 46.9 Å². The van der Waals surface area contributed by atoms with Crippen LogP contribution in [0, 0.1) is 5.92 Å². The lowest BCUT2D eigenvalue weighted by Gasteiger charge is -2.17. The fourth-order valence-electron chi connectivity index (χ4n) is 3.22. The first kappa shape index (κ1) is 16.7. The lowest BCUT2D eigenvalue weighted by atomic mass is 10.2. The van der Waals surface area contributed by atoms with Crippen molar-refractivity contribution >= 4 is 26.5 Å². The normalized spacial score (nSPS) is 18.2. The third-order valence-corrected chi connectivity index (χ3v) is 5.45. The Kier molecular flexibility index (Phi) is 4.45. The van der Waals surface area contributed by atoms with Gasteiger partial charge < -0.3 is 9.47 Å². The Labute approximate surface area is 140 Å². The molecule has 1 amide bonds. The second-order valence-electron chi connectivity index (χ2n) is 6.42. The summed E-state index contributed by atoms with van der Waals surface area (Å²) in [7, 11) is -3.04. The van der Waals surface area contributed by atoms with Crippen LogP contribution in [0.1, 0.15) is 6.42 Å². The van der Waals surface area contributed by atoms with Crippen LogP contribution in [-0.4, -0.2) is 48.9 Å². The predicted molar refractivity (Wildman–Crippen MR) is 92.6 cm³/mol. The average Bonchev–Trinajstić information content (AvgIpc) is 2.97. The molecule has 1 fully saturated rings. The highest BCUT2D eigenvalue weighted by molar-refractivity contribution is 7.90. The zero-order chi connectivity index (χ0) is 17.3. The molecule has 1 saturated heterocycles. The van der Waals surface area contributed by atoms with Crippen LogP contribution < -0.4 is 5.56 Å². The number of sulfone groups is 1. The zero-order valence-electron chi connectivity index (χ0n) is 13.5. The zero-order valence-corrected chi connectivity index (χ0v) is 14.3. The number of aromatic nitrogens is 1. The molecule has 0 bridgehead atoms. The van der Waals surface area contributed by atoms with Crippen molar-refractivity contribution in [3.63, 3.8) is 0 Å². The molecule has 0 saturated carbocycles. The minimum Gasteiger partial charge on any atom is -0.341 e. The standard InChI is InChI=1S/C17H20N2O4S/c1-24(22,23)12-13-6-8-18(10-13)16(20)11-19-9-7-14-4-2-3-5-15(14)17(19)21/h2-5,7,9,13H,6,8,10-12H2,1H3. The molecule has 0 N–H and O–H groups in total.